The Bertz CT molecular complexity index is 1330. The van der Waals surface area contributed by atoms with Gasteiger partial charge in [-0.1, -0.05) is 24.3 Å². The topological polar surface area (TPSA) is 72.7 Å². The molecule has 0 aliphatic rings. The first-order chi connectivity index (χ1) is 15.5. The van der Waals surface area contributed by atoms with Gasteiger partial charge in [-0.2, -0.15) is 5.10 Å². The second-order valence-corrected chi connectivity index (χ2v) is 8.70. The van der Waals surface area contributed by atoms with Gasteiger partial charge in [-0.15, -0.1) is 0 Å². The van der Waals surface area contributed by atoms with Crippen LogP contribution in [0.2, 0.25) is 0 Å². The third-order valence-corrected chi connectivity index (χ3v) is 6.07. The first-order valence-corrected chi connectivity index (χ1v) is 11.5. The molecule has 4 rings (SSSR count). The van der Waals surface area contributed by atoms with Gasteiger partial charge in [0.2, 0.25) is 0 Å². The summed E-state index contributed by atoms with van der Waals surface area (Å²) in [6.07, 6.45) is 1.56. The highest BCUT2D eigenvalue weighted by Crippen LogP contribution is 2.34. The summed E-state index contributed by atoms with van der Waals surface area (Å²) in [5.74, 6) is 0.412. The number of amides is 1. The van der Waals surface area contributed by atoms with Gasteiger partial charge in [-0.25, -0.2) is 5.43 Å². The van der Waals surface area contributed by atoms with Crippen molar-refractivity contribution in [2.45, 2.75) is 13.5 Å². The summed E-state index contributed by atoms with van der Waals surface area (Å²) in [5, 5.41) is 5.24. The molecule has 1 aromatic heterocycles. The highest BCUT2D eigenvalue weighted by molar-refractivity contribution is 9.11. The number of halogens is 2. The largest absolute Gasteiger partial charge is 0.492 e. The smallest absolute Gasteiger partial charge is 0.260 e. The molecule has 0 fully saturated rings. The standard InChI is InChI=1S/C24H19Br2N3O3/c1-2-32-24-18(25)11-15(12-19(24)26)13-27-28-22(30)14-29-20-9-5-3-7-16(20)23(31)17-8-4-6-10-21(17)29/h3-13H,2,14H2,1H3,(H,28,30)/b27-13+. The molecule has 0 saturated heterocycles. The van der Waals surface area contributed by atoms with Crippen LogP contribution in [0.5, 0.6) is 5.75 Å². The minimum absolute atomic E-state index is 0.0231. The Morgan fingerprint density at radius 2 is 1.59 bits per heavy atom. The van der Waals surface area contributed by atoms with E-state index in [1.165, 1.54) is 0 Å². The van der Waals surface area contributed by atoms with Crippen LogP contribution in [0, 0.1) is 0 Å². The van der Waals surface area contributed by atoms with Crippen molar-refractivity contribution in [1.29, 1.82) is 0 Å². The van der Waals surface area contributed by atoms with Gasteiger partial charge < -0.3 is 9.30 Å². The van der Waals surface area contributed by atoms with E-state index in [2.05, 4.69) is 42.4 Å². The summed E-state index contributed by atoms with van der Waals surface area (Å²) < 4.78 is 8.98. The van der Waals surface area contributed by atoms with Crippen LogP contribution in [0.1, 0.15) is 12.5 Å². The second-order valence-electron chi connectivity index (χ2n) is 6.99. The fraction of sp³-hybridized carbons (Fsp3) is 0.125. The van der Waals surface area contributed by atoms with E-state index >= 15 is 0 Å². The lowest BCUT2D eigenvalue weighted by Crippen LogP contribution is -2.25. The minimum atomic E-state index is -0.302. The lowest BCUT2D eigenvalue weighted by atomic mass is 10.1. The number of benzene rings is 3. The maximum absolute atomic E-state index is 12.8. The van der Waals surface area contributed by atoms with Crippen molar-refractivity contribution in [3.05, 3.63) is 85.4 Å². The zero-order valence-corrected chi connectivity index (χ0v) is 20.3. The van der Waals surface area contributed by atoms with Crippen LogP contribution in [0.4, 0.5) is 0 Å². The molecule has 0 unspecified atom stereocenters. The van der Waals surface area contributed by atoms with Gasteiger partial charge in [0.15, 0.2) is 5.43 Å². The average molecular weight is 557 g/mol. The number of hydrazone groups is 1. The van der Waals surface area contributed by atoms with Crippen molar-refractivity contribution in [3.63, 3.8) is 0 Å². The molecule has 0 bridgehead atoms. The number of hydrogen-bond acceptors (Lipinski definition) is 4. The van der Waals surface area contributed by atoms with Crippen LogP contribution in [-0.2, 0) is 11.3 Å². The fourth-order valence-electron chi connectivity index (χ4n) is 3.54. The number of pyridine rings is 1. The van der Waals surface area contributed by atoms with Gasteiger partial charge in [0.05, 0.1) is 32.8 Å². The monoisotopic (exact) mass is 555 g/mol. The SMILES string of the molecule is CCOc1c(Br)cc(/C=N/NC(=O)Cn2c3ccccc3c(=O)c3ccccc32)cc1Br. The summed E-state index contributed by atoms with van der Waals surface area (Å²) in [5.41, 5.74) is 4.72. The number of carbonyl (C=O) groups is 1. The number of hydrogen-bond donors (Lipinski definition) is 1. The molecule has 0 atom stereocenters. The molecule has 0 aliphatic heterocycles. The van der Waals surface area contributed by atoms with Gasteiger partial charge >= 0.3 is 0 Å². The van der Waals surface area contributed by atoms with Crippen molar-refractivity contribution in [2.24, 2.45) is 5.10 Å². The number of rotatable bonds is 6. The predicted octanol–water partition coefficient (Wildman–Crippen LogP) is 5.23. The first-order valence-electron chi connectivity index (χ1n) is 9.93. The highest BCUT2D eigenvalue weighted by Gasteiger charge is 2.12. The van der Waals surface area contributed by atoms with Gasteiger partial charge in [-0.3, -0.25) is 9.59 Å². The third kappa shape index (κ3) is 4.47. The van der Waals surface area contributed by atoms with Crippen molar-refractivity contribution in [2.75, 3.05) is 6.61 Å². The van der Waals surface area contributed by atoms with Gasteiger partial charge in [0, 0.05) is 10.8 Å². The van der Waals surface area contributed by atoms with Crippen LogP contribution in [0.15, 0.2) is 79.5 Å². The second kappa shape index (κ2) is 9.67. The number of aromatic nitrogens is 1. The molecule has 0 radical (unpaired) electrons. The molecule has 0 saturated carbocycles. The number of fused-ring (bicyclic) bond motifs is 2. The Balaban J connectivity index is 1.59. The normalized spacial score (nSPS) is 11.3. The lowest BCUT2D eigenvalue weighted by Gasteiger charge is -2.14. The van der Waals surface area contributed by atoms with Crippen LogP contribution in [0.3, 0.4) is 0 Å². The van der Waals surface area contributed by atoms with E-state index in [0.29, 0.717) is 34.2 Å². The van der Waals surface area contributed by atoms with Crippen molar-refractivity contribution >= 4 is 65.8 Å². The zero-order chi connectivity index (χ0) is 22.7. The van der Waals surface area contributed by atoms with E-state index in [1.54, 1.807) is 18.3 Å². The van der Waals surface area contributed by atoms with E-state index in [4.69, 9.17) is 4.74 Å². The number of para-hydroxylation sites is 2. The molecule has 32 heavy (non-hydrogen) atoms. The summed E-state index contributed by atoms with van der Waals surface area (Å²) in [6, 6.07) is 18.3. The first kappa shape index (κ1) is 22.2. The van der Waals surface area contributed by atoms with E-state index in [-0.39, 0.29) is 17.9 Å². The van der Waals surface area contributed by atoms with Crippen LogP contribution >= 0.6 is 31.9 Å². The van der Waals surface area contributed by atoms with Crippen molar-refractivity contribution in [3.8, 4) is 5.75 Å². The van der Waals surface area contributed by atoms with Crippen molar-refractivity contribution in [1.82, 2.24) is 9.99 Å². The molecule has 1 heterocycles. The van der Waals surface area contributed by atoms with Gasteiger partial charge in [0.1, 0.15) is 12.3 Å². The van der Waals surface area contributed by atoms with Gasteiger partial charge in [0.25, 0.3) is 5.91 Å². The quantitative estimate of drug-likeness (QED) is 0.201. The van der Waals surface area contributed by atoms with Crippen molar-refractivity contribution < 1.29 is 9.53 Å². The average Bonchev–Trinajstić information content (AvgIpc) is 2.79. The zero-order valence-electron chi connectivity index (χ0n) is 17.1. The molecular weight excluding hydrogens is 538 g/mol. The molecule has 0 spiro atoms. The third-order valence-electron chi connectivity index (χ3n) is 4.89. The maximum Gasteiger partial charge on any atom is 0.260 e. The summed E-state index contributed by atoms with van der Waals surface area (Å²) >= 11 is 6.97. The number of nitrogens with one attached hydrogen (secondary N) is 1. The molecule has 162 valence electrons. The Morgan fingerprint density at radius 1 is 1.03 bits per heavy atom. The van der Waals surface area contributed by atoms with Crippen LogP contribution in [-0.4, -0.2) is 23.3 Å². The lowest BCUT2D eigenvalue weighted by molar-refractivity contribution is -0.121. The molecule has 0 aliphatic carbocycles. The van der Waals surface area contributed by atoms with Crippen LogP contribution in [0.25, 0.3) is 21.8 Å². The molecule has 3 aromatic carbocycles. The number of nitrogens with zero attached hydrogens (tertiary/aromatic N) is 2. The Kier molecular flexibility index (Phi) is 6.72. The molecule has 6 nitrogen and oxygen atoms in total. The maximum atomic E-state index is 12.8. The van der Waals surface area contributed by atoms with E-state index < -0.39 is 0 Å². The molecule has 1 amide bonds. The van der Waals surface area contributed by atoms with E-state index in [1.807, 2.05) is 60.0 Å². The molecular formula is C24H19Br2N3O3. The molecule has 1 N–H and O–H groups in total. The number of carbonyl (C=O) groups excluding carboxylic acids is 1. The summed E-state index contributed by atoms with van der Waals surface area (Å²) in [4.78, 5) is 25.5. The molecule has 8 heteroatoms. The van der Waals surface area contributed by atoms with E-state index in [9.17, 15) is 9.59 Å². The van der Waals surface area contributed by atoms with Crippen LogP contribution < -0.4 is 15.6 Å². The number of ether oxygens (including phenoxy) is 1. The Labute approximate surface area is 201 Å². The minimum Gasteiger partial charge on any atom is -0.492 e. The van der Waals surface area contributed by atoms with E-state index in [0.717, 1.165) is 14.5 Å². The summed E-state index contributed by atoms with van der Waals surface area (Å²) in [6.45, 7) is 2.49. The van der Waals surface area contributed by atoms with Gasteiger partial charge in [-0.05, 0) is 80.7 Å². The Morgan fingerprint density at radius 3 is 2.16 bits per heavy atom. The fourth-order valence-corrected chi connectivity index (χ4v) is 4.99. The predicted molar refractivity (Wildman–Crippen MR) is 134 cm³/mol. The summed E-state index contributed by atoms with van der Waals surface area (Å²) in [7, 11) is 0. The molecule has 4 aromatic rings. The highest BCUT2D eigenvalue weighted by atomic mass is 79.9. The Hall–Kier alpha value is -2.97.